The van der Waals surface area contributed by atoms with E-state index in [4.69, 9.17) is 0 Å². The Morgan fingerprint density at radius 3 is 2.48 bits per heavy atom. The minimum atomic E-state index is -2.55. The molecule has 1 aromatic rings. The Morgan fingerprint density at radius 2 is 1.90 bits per heavy atom. The summed E-state index contributed by atoms with van der Waals surface area (Å²) in [4.78, 5) is 21.4. The van der Waals surface area contributed by atoms with Crippen LogP contribution in [-0.2, 0) is 11.3 Å². The van der Waals surface area contributed by atoms with Crippen LogP contribution in [0.5, 0.6) is 0 Å². The van der Waals surface area contributed by atoms with Gasteiger partial charge in [0.15, 0.2) is 0 Å². The third-order valence-corrected chi connectivity index (χ3v) is 3.65. The van der Waals surface area contributed by atoms with Crippen LogP contribution in [0.3, 0.4) is 0 Å². The topological polar surface area (TPSA) is 44.6 Å². The van der Waals surface area contributed by atoms with Crippen molar-refractivity contribution in [3.05, 3.63) is 18.2 Å². The summed E-state index contributed by atoms with van der Waals surface area (Å²) in [5.41, 5.74) is 0. The molecule has 0 unspecified atom stereocenters. The maximum Gasteiger partial charge on any atom is 0.319 e. The standard InChI is InChI=1S/C13H21F2N5O/c1-17(2)12(21)10-19-7-5-18(6-8-19)9-11-16-3-4-20(11)13(14)15/h3-4,13H,5-10H2,1-2H3. The summed E-state index contributed by atoms with van der Waals surface area (Å²) in [5, 5.41) is 0. The van der Waals surface area contributed by atoms with E-state index in [1.807, 2.05) is 0 Å². The molecular weight excluding hydrogens is 280 g/mol. The van der Waals surface area contributed by atoms with Crippen LogP contribution in [0.4, 0.5) is 8.78 Å². The van der Waals surface area contributed by atoms with E-state index in [9.17, 15) is 13.6 Å². The second kappa shape index (κ2) is 6.95. The Hall–Kier alpha value is -1.54. The quantitative estimate of drug-likeness (QED) is 0.794. The maximum absolute atomic E-state index is 12.8. The van der Waals surface area contributed by atoms with Crippen LogP contribution in [0.15, 0.2) is 12.4 Å². The predicted molar refractivity (Wildman–Crippen MR) is 73.9 cm³/mol. The molecule has 2 heterocycles. The summed E-state index contributed by atoms with van der Waals surface area (Å²) >= 11 is 0. The largest absolute Gasteiger partial charge is 0.348 e. The summed E-state index contributed by atoms with van der Waals surface area (Å²) in [6.45, 7) is 1.28. The number of hydrogen-bond donors (Lipinski definition) is 0. The second-order valence-electron chi connectivity index (χ2n) is 5.37. The van der Waals surface area contributed by atoms with Gasteiger partial charge in [-0.25, -0.2) is 4.98 Å². The summed E-state index contributed by atoms with van der Waals surface area (Å²) in [6.07, 6.45) is 2.69. The van der Waals surface area contributed by atoms with Crippen molar-refractivity contribution in [2.75, 3.05) is 46.8 Å². The highest BCUT2D eigenvalue weighted by molar-refractivity contribution is 5.77. The van der Waals surface area contributed by atoms with Crippen LogP contribution in [0.1, 0.15) is 12.4 Å². The molecule has 0 saturated carbocycles. The molecule has 1 saturated heterocycles. The Balaban J connectivity index is 1.81. The molecule has 0 aromatic carbocycles. The first kappa shape index (κ1) is 15.8. The fourth-order valence-electron chi connectivity index (χ4n) is 2.28. The van der Waals surface area contributed by atoms with Gasteiger partial charge in [-0.3, -0.25) is 19.2 Å². The fourth-order valence-corrected chi connectivity index (χ4v) is 2.28. The molecule has 21 heavy (non-hydrogen) atoms. The lowest BCUT2D eigenvalue weighted by Crippen LogP contribution is -2.49. The lowest BCUT2D eigenvalue weighted by atomic mass is 10.3. The van der Waals surface area contributed by atoms with Gasteiger partial charge >= 0.3 is 6.55 Å². The average Bonchev–Trinajstić information content (AvgIpc) is 2.89. The second-order valence-corrected chi connectivity index (χ2v) is 5.37. The number of alkyl halides is 2. The van der Waals surface area contributed by atoms with Crippen molar-refractivity contribution in [3.63, 3.8) is 0 Å². The summed E-state index contributed by atoms with van der Waals surface area (Å²) in [5.74, 6) is 0.458. The predicted octanol–water partition coefficient (Wildman–Crippen LogP) is 0.484. The molecule has 1 amide bonds. The van der Waals surface area contributed by atoms with E-state index < -0.39 is 6.55 Å². The number of halogens is 2. The van der Waals surface area contributed by atoms with Gasteiger partial charge in [0.05, 0.1) is 13.1 Å². The average molecular weight is 301 g/mol. The van der Waals surface area contributed by atoms with E-state index in [2.05, 4.69) is 14.8 Å². The summed E-state index contributed by atoms with van der Waals surface area (Å²) in [7, 11) is 3.48. The molecule has 1 aliphatic heterocycles. The third-order valence-electron chi connectivity index (χ3n) is 3.65. The number of carbonyl (C=O) groups is 1. The van der Waals surface area contributed by atoms with Gasteiger partial charge < -0.3 is 4.90 Å². The number of rotatable bonds is 5. The number of imidazole rings is 1. The van der Waals surface area contributed by atoms with Gasteiger partial charge in [0, 0.05) is 52.7 Å². The van der Waals surface area contributed by atoms with Gasteiger partial charge in [0.2, 0.25) is 5.91 Å². The van der Waals surface area contributed by atoms with Gasteiger partial charge in [-0.2, -0.15) is 8.78 Å². The maximum atomic E-state index is 12.8. The first-order valence-electron chi connectivity index (χ1n) is 6.92. The Bertz CT molecular complexity index is 469. The molecule has 118 valence electrons. The van der Waals surface area contributed by atoms with Crippen LogP contribution >= 0.6 is 0 Å². The van der Waals surface area contributed by atoms with Crippen molar-refractivity contribution in [1.82, 2.24) is 24.3 Å². The number of likely N-dealkylation sites (N-methyl/N-ethyl adjacent to an activating group) is 1. The van der Waals surface area contributed by atoms with Crippen molar-refractivity contribution < 1.29 is 13.6 Å². The monoisotopic (exact) mass is 301 g/mol. The van der Waals surface area contributed by atoms with Crippen LogP contribution in [-0.4, -0.2) is 77.0 Å². The Morgan fingerprint density at radius 1 is 1.29 bits per heavy atom. The van der Waals surface area contributed by atoms with Crippen LogP contribution in [0, 0.1) is 0 Å². The van der Waals surface area contributed by atoms with Crippen molar-refractivity contribution in [3.8, 4) is 0 Å². The minimum Gasteiger partial charge on any atom is -0.348 e. The summed E-state index contributed by atoms with van der Waals surface area (Å²) in [6, 6.07) is 0. The SMILES string of the molecule is CN(C)C(=O)CN1CCN(Cc2nccn2C(F)F)CC1. The molecule has 8 heteroatoms. The van der Waals surface area contributed by atoms with Gasteiger partial charge in [-0.05, 0) is 0 Å². The molecule has 0 bridgehead atoms. The molecule has 0 atom stereocenters. The molecule has 0 radical (unpaired) electrons. The molecule has 1 aliphatic rings. The van der Waals surface area contributed by atoms with E-state index in [1.54, 1.807) is 19.0 Å². The lowest BCUT2D eigenvalue weighted by Gasteiger charge is -2.34. The zero-order chi connectivity index (χ0) is 15.4. The number of amides is 1. The van der Waals surface area contributed by atoms with E-state index in [-0.39, 0.29) is 5.91 Å². The third kappa shape index (κ3) is 4.21. The first-order chi connectivity index (χ1) is 9.97. The number of carbonyl (C=O) groups excluding carboxylic acids is 1. The zero-order valence-corrected chi connectivity index (χ0v) is 12.4. The van der Waals surface area contributed by atoms with E-state index in [0.717, 1.165) is 30.7 Å². The highest BCUT2D eigenvalue weighted by Crippen LogP contribution is 2.14. The highest BCUT2D eigenvalue weighted by atomic mass is 19.3. The summed E-state index contributed by atoms with van der Waals surface area (Å²) < 4.78 is 26.4. The van der Waals surface area contributed by atoms with Crippen LogP contribution < -0.4 is 0 Å². The van der Waals surface area contributed by atoms with E-state index in [1.165, 1.54) is 12.4 Å². The number of hydrogen-bond acceptors (Lipinski definition) is 4. The number of aromatic nitrogens is 2. The van der Waals surface area contributed by atoms with Gasteiger partial charge in [-0.15, -0.1) is 0 Å². The van der Waals surface area contributed by atoms with Crippen molar-refractivity contribution in [2.45, 2.75) is 13.1 Å². The molecule has 0 spiro atoms. The molecular formula is C13H21F2N5O. The van der Waals surface area contributed by atoms with E-state index >= 15 is 0 Å². The highest BCUT2D eigenvalue weighted by Gasteiger charge is 2.21. The smallest absolute Gasteiger partial charge is 0.319 e. The van der Waals surface area contributed by atoms with Crippen LogP contribution in [0.25, 0.3) is 0 Å². The lowest BCUT2D eigenvalue weighted by molar-refractivity contribution is -0.130. The van der Waals surface area contributed by atoms with Crippen molar-refractivity contribution in [1.29, 1.82) is 0 Å². The van der Waals surface area contributed by atoms with Gasteiger partial charge in [-0.1, -0.05) is 0 Å². The molecule has 1 fully saturated rings. The van der Waals surface area contributed by atoms with Crippen LogP contribution in [0.2, 0.25) is 0 Å². The number of nitrogens with zero attached hydrogens (tertiary/aromatic N) is 5. The first-order valence-corrected chi connectivity index (χ1v) is 6.92. The van der Waals surface area contributed by atoms with E-state index in [0.29, 0.717) is 18.9 Å². The number of piperazine rings is 1. The Kier molecular flexibility index (Phi) is 5.24. The minimum absolute atomic E-state index is 0.0803. The van der Waals surface area contributed by atoms with Crippen molar-refractivity contribution in [2.24, 2.45) is 0 Å². The zero-order valence-electron chi connectivity index (χ0n) is 12.4. The molecule has 6 nitrogen and oxygen atoms in total. The normalized spacial score (nSPS) is 17.4. The fraction of sp³-hybridized carbons (Fsp3) is 0.692. The van der Waals surface area contributed by atoms with Gasteiger partial charge in [0.1, 0.15) is 5.82 Å². The Labute approximate surface area is 122 Å². The molecule has 0 aliphatic carbocycles. The molecule has 1 aromatic heterocycles. The molecule has 2 rings (SSSR count). The van der Waals surface area contributed by atoms with Crippen molar-refractivity contribution >= 4 is 5.91 Å². The molecule has 0 N–H and O–H groups in total. The van der Waals surface area contributed by atoms with Gasteiger partial charge in [0.25, 0.3) is 0 Å².